The van der Waals surface area contributed by atoms with Crippen molar-refractivity contribution in [2.24, 2.45) is 0 Å². The number of amides is 1. The SMILES string of the molecule is CC(NC(=O)CSC(C)(C)C)C(O)c1ccc(F)cc1. The lowest BCUT2D eigenvalue weighted by atomic mass is 10.0. The zero-order valence-electron chi connectivity index (χ0n) is 12.3. The van der Waals surface area contributed by atoms with Gasteiger partial charge in [0, 0.05) is 4.75 Å². The van der Waals surface area contributed by atoms with Crippen molar-refractivity contribution in [1.29, 1.82) is 0 Å². The highest BCUT2D eigenvalue weighted by atomic mass is 32.2. The van der Waals surface area contributed by atoms with Crippen molar-refractivity contribution in [1.82, 2.24) is 5.32 Å². The topological polar surface area (TPSA) is 49.3 Å². The highest BCUT2D eigenvalue weighted by Gasteiger charge is 2.20. The van der Waals surface area contributed by atoms with E-state index in [0.29, 0.717) is 11.3 Å². The van der Waals surface area contributed by atoms with Crippen LogP contribution in [0.3, 0.4) is 0 Å². The summed E-state index contributed by atoms with van der Waals surface area (Å²) >= 11 is 1.55. The summed E-state index contributed by atoms with van der Waals surface area (Å²) in [6, 6.07) is 5.21. The number of carbonyl (C=O) groups excluding carboxylic acids is 1. The standard InChI is InChI=1S/C15H22FNO2S/c1-10(17-13(18)9-20-15(2,3)4)14(19)11-5-7-12(16)8-6-11/h5-8,10,14,19H,9H2,1-4H3,(H,17,18). The van der Waals surface area contributed by atoms with E-state index in [2.05, 4.69) is 5.32 Å². The lowest BCUT2D eigenvalue weighted by Crippen LogP contribution is -2.38. The summed E-state index contributed by atoms with van der Waals surface area (Å²) in [5, 5.41) is 12.9. The van der Waals surface area contributed by atoms with Crippen molar-refractivity contribution in [3.05, 3.63) is 35.6 Å². The van der Waals surface area contributed by atoms with Gasteiger partial charge in [0.2, 0.25) is 5.91 Å². The van der Waals surface area contributed by atoms with Gasteiger partial charge in [-0.25, -0.2) is 4.39 Å². The van der Waals surface area contributed by atoms with Crippen molar-refractivity contribution >= 4 is 17.7 Å². The van der Waals surface area contributed by atoms with Crippen LogP contribution < -0.4 is 5.32 Å². The summed E-state index contributed by atoms with van der Waals surface area (Å²) in [7, 11) is 0. The minimum absolute atomic E-state index is 0.0240. The molecule has 1 amide bonds. The first-order chi connectivity index (χ1) is 9.19. The van der Waals surface area contributed by atoms with E-state index in [1.807, 2.05) is 20.8 Å². The fraction of sp³-hybridized carbons (Fsp3) is 0.533. The summed E-state index contributed by atoms with van der Waals surface area (Å²) in [4.78, 5) is 11.8. The Morgan fingerprint density at radius 2 is 1.90 bits per heavy atom. The predicted molar refractivity (Wildman–Crippen MR) is 81.2 cm³/mol. The molecule has 0 bridgehead atoms. The number of carbonyl (C=O) groups is 1. The molecule has 0 spiro atoms. The van der Waals surface area contributed by atoms with Crippen LogP contribution >= 0.6 is 11.8 Å². The van der Waals surface area contributed by atoms with E-state index in [0.717, 1.165) is 0 Å². The van der Waals surface area contributed by atoms with Gasteiger partial charge in [0.15, 0.2) is 0 Å². The minimum Gasteiger partial charge on any atom is -0.386 e. The van der Waals surface area contributed by atoms with Crippen LogP contribution in [0.1, 0.15) is 39.4 Å². The normalized spacial score (nSPS) is 14.7. The van der Waals surface area contributed by atoms with E-state index in [-0.39, 0.29) is 16.5 Å². The zero-order valence-corrected chi connectivity index (χ0v) is 13.1. The van der Waals surface area contributed by atoms with Crippen molar-refractivity contribution in [3.63, 3.8) is 0 Å². The second kappa shape index (κ2) is 7.09. The second-order valence-corrected chi connectivity index (χ2v) is 7.56. The van der Waals surface area contributed by atoms with Crippen LogP contribution in [0.4, 0.5) is 4.39 Å². The molecule has 0 aliphatic heterocycles. The molecule has 1 rings (SSSR count). The average molecular weight is 299 g/mol. The van der Waals surface area contributed by atoms with Gasteiger partial charge in [-0.05, 0) is 24.6 Å². The number of nitrogens with one attached hydrogen (secondary N) is 1. The first-order valence-electron chi connectivity index (χ1n) is 6.56. The maximum atomic E-state index is 12.8. The molecule has 0 saturated carbocycles. The van der Waals surface area contributed by atoms with Crippen LogP contribution in [0.2, 0.25) is 0 Å². The van der Waals surface area contributed by atoms with Crippen molar-refractivity contribution < 1.29 is 14.3 Å². The number of hydrogen-bond donors (Lipinski definition) is 2. The number of halogens is 1. The number of aliphatic hydroxyl groups excluding tert-OH is 1. The molecular formula is C15H22FNO2S. The maximum absolute atomic E-state index is 12.8. The lowest BCUT2D eigenvalue weighted by molar-refractivity contribution is -0.119. The van der Waals surface area contributed by atoms with Crippen LogP contribution in [0.5, 0.6) is 0 Å². The molecule has 0 aliphatic rings. The Morgan fingerprint density at radius 3 is 2.40 bits per heavy atom. The summed E-state index contributed by atoms with van der Waals surface area (Å²) in [6.07, 6.45) is -0.848. The van der Waals surface area contributed by atoms with Gasteiger partial charge in [-0.2, -0.15) is 0 Å². The molecule has 3 nitrogen and oxygen atoms in total. The van der Waals surface area contributed by atoms with Gasteiger partial charge in [-0.3, -0.25) is 4.79 Å². The minimum atomic E-state index is -0.848. The summed E-state index contributed by atoms with van der Waals surface area (Å²) in [6.45, 7) is 7.86. The molecule has 0 saturated heterocycles. The number of thioether (sulfide) groups is 1. The summed E-state index contributed by atoms with van der Waals surface area (Å²) in [5.41, 5.74) is 0.586. The van der Waals surface area contributed by atoms with Gasteiger partial charge in [-0.1, -0.05) is 32.9 Å². The smallest absolute Gasteiger partial charge is 0.230 e. The third kappa shape index (κ3) is 5.92. The molecule has 1 aromatic carbocycles. The molecule has 0 radical (unpaired) electrons. The second-order valence-electron chi connectivity index (χ2n) is 5.75. The monoisotopic (exact) mass is 299 g/mol. The lowest BCUT2D eigenvalue weighted by Gasteiger charge is -2.22. The summed E-state index contributed by atoms with van der Waals surface area (Å²) in [5.74, 6) is -0.109. The van der Waals surface area contributed by atoms with Crippen LogP contribution in [0.15, 0.2) is 24.3 Å². The third-order valence-corrected chi connectivity index (χ3v) is 3.98. The Morgan fingerprint density at radius 1 is 1.35 bits per heavy atom. The first kappa shape index (κ1) is 17.0. The molecule has 2 unspecified atom stereocenters. The van der Waals surface area contributed by atoms with Crippen molar-refractivity contribution in [2.75, 3.05) is 5.75 Å². The number of aliphatic hydroxyl groups is 1. The van der Waals surface area contributed by atoms with Gasteiger partial charge in [0.1, 0.15) is 5.82 Å². The molecule has 20 heavy (non-hydrogen) atoms. The average Bonchev–Trinajstić information content (AvgIpc) is 2.35. The molecule has 1 aromatic rings. The van der Waals surface area contributed by atoms with E-state index in [1.165, 1.54) is 24.3 Å². The molecular weight excluding hydrogens is 277 g/mol. The zero-order chi connectivity index (χ0) is 15.3. The summed E-state index contributed by atoms with van der Waals surface area (Å²) < 4.78 is 12.8. The van der Waals surface area contributed by atoms with Crippen molar-refractivity contribution in [3.8, 4) is 0 Å². The first-order valence-corrected chi connectivity index (χ1v) is 7.54. The number of hydrogen-bond acceptors (Lipinski definition) is 3. The maximum Gasteiger partial charge on any atom is 0.230 e. The van der Waals surface area contributed by atoms with Crippen LogP contribution in [-0.4, -0.2) is 27.6 Å². The largest absolute Gasteiger partial charge is 0.386 e. The fourth-order valence-corrected chi connectivity index (χ4v) is 2.25. The van der Waals surface area contributed by atoms with Gasteiger partial charge in [0.25, 0.3) is 0 Å². The highest BCUT2D eigenvalue weighted by molar-refractivity contribution is 8.01. The van der Waals surface area contributed by atoms with Gasteiger partial charge in [-0.15, -0.1) is 11.8 Å². The Kier molecular flexibility index (Phi) is 6.02. The van der Waals surface area contributed by atoms with E-state index < -0.39 is 12.1 Å². The van der Waals surface area contributed by atoms with Gasteiger partial charge < -0.3 is 10.4 Å². The van der Waals surface area contributed by atoms with E-state index in [9.17, 15) is 14.3 Å². The highest BCUT2D eigenvalue weighted by Crippen LogP contribution is 2.23. The Balaban J connectivity index is 2.51. The number of rotatable bonds is 5. The molecule has 0 fully saturated rings. The molecule has 0 heterocycles. The van der Waals surface area contributed by atoms with Crippen LogP contribution in [0, 0.1) is 5.82 Å². The molecule has 112 valence electrons. The van der Waals surface area contributed by atoms with Gasteiger partial charge >= 0.3 is 0 Å². The van der Waals surface area contributed by atoms with Crippen molar-refractivity contribution in [2.45, 2.75) is 44.6 Å². The molecule has 5 heteroatoms. The Labute approximate surface area is 124 Å². The Hall–Kier alpha value is -1.07. The van der Waals surface area contributed by atoms with Crippen LogP contribution in [-0.2, 0) is 4.79 Å². The molecule has 0 aromatic heterocycles. The molecule has 0 aliphatic carbocycles. The molecule has 2 N–H and O–H groups in total. The van der Waals surface area contributed by atoms with Gasteiger partial charge in [0.05, 0.1) is 17.9 Å². The predicted octanol–water partition coefficient (Wildman–Crippen LogP) is 2.90. The molecule has 2 atom stereocenters. The fourth-order valence-electron chi connectivity index (χ4n) is 1.61. The van der Waals surface area contributed by atoms with E-state index in [4.69, 9.17) is 0 Å². The third-order valence-electron chi connectivity index (χ3n) is 2.71. The quantitative estimate of drug-likeness (QED) is 0.879. The van der Waals surface area contributed by atoms with Crippen LogP contribution in [0.25, 0.3) is 0 Å². The van der Waals surface area contributed by atoms with E-state index in [1.54, 1.807) is 18.7 Å². The number of benzene rings is 1. The van der Waals surface area contributed by atoms with E-state index >= 15 is 0 Å². The Bertz CT molecular complexity index is 442.